The van der Waals surface area contributed by atoms with E-state index in [1.54, 1.807) is 0 Å². The Morgan fingerprint density at radius 1 is 1.29 bits per heavy atom. The number of nitrogens with zero attached hydrogens (tertiary/aromatic N) is 1. The molecule has 1 fully saturated rings. The molecule has 0 aliphatic carbocycles. The topological polar surface area (TPSA) is 29.3 Å². The van der Waals surface area contributed by atoms with Crippen molar-refractivity contribution in [3.05, 3.63) is 35.4 Å². The van der Waals surface area contributed by atoms with Crippen LogP contribution >= 0.6 is 12.2 Å². The van der Waals surface area contributed by atoms with E-state index < -0.39 is 17.7 Å². The largest absolute Gasteiger partial charge is 0.392 e. The summed E-state index contributed by atoms with van der Waals surface area (Å²) in [5, 5.41) is 0. The monoisotopic (exact) mass is 256 g/mol. The predicted molar refractivity (Wildman–Crippen MR) is 66.7 cm³/mol. The number of rotatable bonds is 3. The third kappa shape index (κ3) is 2.61. The van der Waals surface area contributed by atoms with E-state index in [2.05, 4.69) is 0 Å². The minimum absolute atomic E-state index is 0.234. The Balaban J connectivity index is 2.35. The van der Waals surface area contributed by atoms with Gasteiger partial charge in [0.05, 0.1) is 11.0 Å². The van der Waals surface area contributed by atoms with Crippen LogP contribution in [0.1, 0.15) is 24.4 Å². The first-order chi connectivity index (χ1) is 8.09. The summed E-state index contributed by atoms with van der Waals surface area (Å²) in [5.41, 5.74) is 6.05. The van der Waals surface area contributed by atoms with Crippen LogP contribution in [0.15, 0.2) is 18.2 Å². The maximum atomic E-state index is 13.7. The smallest absolute Gasteiger partial charge is 0.131 e. The molecule has 0 spiro atoms. The van der Waals surface area contributed by atoms with E-state index in [4.69, 9.17) is 18.0 Å². The molecule has 0 radical (unpaired) electrons. The van der Waals surface area contributed by atoms with Gasteiger partial charge in [0, 0.05) is 11.6 Å². The number of hydrogen-bond acceptors (Lipinski definition) is 2. The van der Waals surface area contributed by atoms with Crippen LogP contribution in [0.3, 0.4) is 0 Å². The van der Waals surface area contributed by atoms with Gasteiger partial charge >= 0.3 is 0 Å². The van der Waals surface area contributed by atoms with Gasteiger partial charge in [-0.3, -0.25) is 4.90 Å². The normalized spacial score (nSPS) is 18.2. The zero-order chi connectivity index (χ0) is 12.4. The molecule has 2 nitrogen and oxygen atoms in total. The van der Waals surface area contributed by atoms with E-state index in [-0.39, 0.29) is 4.99 Å². The van der Waals surface area contributed by atoms with Crippen LogP contribution in [0, 0.1) is 11.6 Å². The molecule has 17 heavy (non-hydrogen) atoms. The quantitative estimate of drug-likeness (QED) is 0.842. The Morgan fingerprint density at radius 2 is 1.94 bits per heavy atom. The van der Waals surface area contributed by atoms with Gasteiger partial charge in [-0.05, 0) is 32.0 Å². The highest BCUT2D eigenvalue weighted by atomic mass is 32.1. The van der Waals surface area contributed by atoms with Crippen LogP contribution in [0.25, 0.3) is 0 Å². The lowest BCUT2D eigenvalue weighted by Crippen LogP contribution is -2.35. The summed E-state index contributed by atoms with van der Waals surface area (Å²) in [6.07, 6.45) is 2.11. The van der Waals surface area contributed by atoms with E-state index in [9.17, 15) is 8.78 Å². The molecule has 92 valence electrons. The van der Waals surface area contributed by atoms with Gasteiger partial charge in [-0.25, -0.2) is 8.78 Å². The second-order valence-electron chi connectivity index (χ2n) is 4.21. The molecule has 1 saturated heterocycles. The minimum atomic E-state index is -0.589. The fraction of sp³-hybridized carbons (Fsp3) is 0.417. The maximum Gasteiger partial charge on any atom is 0.131 e. The molecule has 5 heteroatoms. The summed E-state index contributed by atoms with van der Waals surface area (Å²) >= 11 is 5.00. The van der Waals surface area contributed by atoms with Crippen molar-refractivity contribution < 1.29 is 8.78 Å². The lowest BCUT2D eigenvalue weighted by atomic mass is 10.0. The maximum absolute atomic E-state index is 13.7. The van der Waals surface area contributed by atoms with E-state index in [0.29, 0.717) is 5.56 Å². The first-order valence-electron chi connectivity index (χ1n) is 5.58. The molecule has 1 heterocycles. The molecule has 0 saturated carbocycles. The third-order valence-corrected chi connectivity index (χ3v) is 3.26. The van der Waals surface area contributed by atoms with Gasteiger partial charge in [-0.2, -0.15) is 0 Å². The predicted octanol–water partition coefficient (Wildman–Crippen LogP) is 2.39. The average molecular weight is 256 g/mol. The van der Waals surface area contributed by atoms with E-state index in [0.717, 1.165) is 32.0 Å². The molecule has 1 atom stereocenters. The summed E-state index contributed by atoms with van der Waals surface area (Å²) in [6.45, 7) is 1.69. The summed E-state index contributed by atoms with van der Waals surface area (Å²) in [6, 6.07) is 3.11. The lowest BCUT2D eigenvalue weighted by Gasteiger charge is -2.27. The molecule has 1 unspecified atom stereocenters. The van der Waals surface area contributed by atoms with E-state index in [1.165, 1.54) is 12.1 Å². The Morgan fingerprint density at radius 3 is 2.47 bits per heavy atom. The average Bonchev–Trinajstić information content (AvgIpc) is 2.74. The van der Waals surface area contributed by atoms with Crippen molar-refractivity contribution in [2.75, 3.05) is 13.1 Å². The second kappa shape index (κ2) is 5.06. The van der Waals surface area contributed by atoms with Gasteiger partial charge < -0.3 is 5.73 Å². The van der Waals surface area contributed by atoms with Crippen LogP contribution in [0.4, 0.5) is 8.78 Å². The summed E-state index contributed by atoms with van der Waals surface area (Å²) in [4.78, 5) is 2.27. The molecule has 1 aliphatic rings. The van der Waals surface area contributed by atoms with Crippen molar-refractivity contribution in [3.8, 4) is 0 Å². The number of halogens is 2. The van der Waals surface area contributed by atoms with E-state index >= 15 is 0 Å². The van der Waals surface area contributed by atoms with Crippen molar-refractivity contribution >= 4 is 17.2 Å². The van der Waals surface area contributed by atoms with Crippen LogP contribution in [0.2, 0.25) is 0 Å². The number of likely N-dealkylation sites (tertiary alicyclic amines) is 1. The minimum Gasteiger partial charge on any atom is -0.392 e. The van der Waals surface area contributed by atoms with Crippen LogP contribution in [-0.4, -0.2) is 23.0 Å². The van der Waals surface area contributed by atoms with Crippen molar-refractivity contribution in [2.24, 2.45) is 5.73 Å². The molecule has 2 rings (SSSR count). The van der Waals surface area contributed by atoms with Gasteiger partial charge in [-0.1, -0.05) is 18.3 Å². The van der Waals surface area contributed by atoms with Gasteiger partial charge in [0.15, 0.2) is 0 Å². The van der Waals surface area contributed by atoms with Crippen molar-refractivity contribution in [2.45, 2.75) is 18.9 Å². The molecule has 0 bridgehead atoms. The van der Waals surface area contributed by atoms with Gasteiger partial charge in [0.25, 0.3) is 0 Å². The standard InChI is InChI=1S/C12H14F2N2S/c13-8-3-4-9(10(14)7-8)11(12(15)17)16-5-1-2-6-16/h3-4,7,11H,1-2,5-6H2,(H2,15,17). The highest BCUT2D eigenvalue weighted by Crippen LogP contribution is 2.27. The van der Waals surface area contributed by atoms with Crippen LogP contribution in [0.5, 0.6) is 0 Å². The Labute approximate surface area is 104 Å². The number of hydrogen-bond donors (Lipinski definition) is 1. The number of thiocarbonyl (C=S) groups is 1. The SMILES string of the molecule is NC(=S)C(c1ccc(F)cc1F)N1CCCC1. The highest BCUT2D eigenvalue weighted by Gasteiger charge is 2.27. The fourth-order valence-electron chi connectivity index (χ4n) is 2.25. The Hall–Kier alpha value is -1.07. The summed E-state index contributed by atoms with van der Waals surface area (Å²) in [7, 11) is 0. The van der Waals surface area contributed by atoms with Crippen molar-refractivity contribution in [1.29, 1.82) is 0 Å². The molecule has 2 N–H and O–H groups in total. The summed E-state index contributed by atoms with van der Waals surface area (Å²) in [5.74, 6) is -1.18. The molecule has 0 amide bonds. The van der Waals surface area contributed by atoms with Gasteiger partial charge in [-0.15, -0.1) is 0 Å². The fourth-order valence-corrected chi connectivity index (χ4v) is 2.53. The molecule has 0 aromatic heterocycles. The van der Waals surface area contributed by atoms with Gasteiger partial charge in [0.2, 0.25) is 0 Å². The summed E-state index contributed by atoms with van der Waals surface area (Å²) < 4.78 is 26.6. The zero-order valence-electron chi connectivity index (χ0n) is 9.33. The first-order valence-corrected chi connectivity index (χ1v) is 5.99. The van der Waals surface area contributed by atoms with Crippen molar-refractivity contribution in [1.82, 2.24) is 4.90 Å². The van der Waals surface area contributed by atoms with Crippen molar-refractivity contribution in [3.63, 3.8) is 0 Å². The molecule has 1 aliphatic heterocycles. The molecular weight excluding hydrogens is 242 g/mol. The molecule has 1 aromatic rings. The van der Waals surface area contributed by atoms with E-state index in [1.807, 2.05) is 4.90 Å². The zero-order valence-corrected chi connectivity index (χ0v) is 10.1. The van der Waals surface area contributed by atoms with Crippen LogP contribution in [-0.2, 0) is 0 Å². The molecule has 1 aromatic carbocycles. The third-order valence-electron chi connectivity index (χ3n) is 3.03. The Bertz CT molecular complexity index is 431. The highest BCUT2D eigenvalue weighted by molar-refractivity contribution is 7.80. The van der Waals surface area contributed by atoms with Crippen LogP contribution < -0.4 is 5.73 Å². The Kier molecular flexibility index (Phi) is 3.69. The second-order valence-corrected chi connectivity index (χ2v) is 4.69. The van der Waals surface area contributed by atoms with Gasteiger partial charge in [0.1, 0.15) is 11.6 Å². The first kappa shape index (κ1) is 12.4. The number of benzene rings is 1. The number of nitrogens with two attached hydrogens (primary N) is 1. The lowest BCUT2D eigenvalue weighted by molar-refractivity contribution is 0.299. The molecular formula is C12H14F2N2S.